The molecular weight excluding hydrogens is 867 g/mol. The highest BCUT2D eigenvalue weighted by atomic mass is 16.3. The van der Waals surface area contributed by atoms with Crippen LogP contribution in [0.5, 0.6) is 0 Å². The molecule has 4 heteroatoms. The molecule has 0 aliphatic carbocycles. The second-order valence-electron chi connectivity index (χ2n) is 22.2. The minimum atomic E-state index is -0.871. The van der Waals surface area contributed by atoms with Crippen LogP contribution in [0.15, 0.2) is 48.6 Å². The molecule has 0 aromatic heterocycles. The molecule has 0 spiro atoms. The number of allylic oxidation sites excluding steroid dienone is 7. The SMILES string of the molecule is CCCCCCCCCC/C=C\CCCCCCCCCCCCCCCCCCCCCC(=O)NC(CO)C(O)/C=C/CC/C=C/CC/C=C/CCCCCCCCCCCCCCCCCCCC. The Bertz CT molecular complexity index is 1130. The predicted octanol–water partition coefficient (Wildman–Crippen LogP) is 21.8. The van der Waals surface area contributed by atoms with Gasteiger partial charge in [0.2, 0.25) is 5.91 Å². The van der Waals surface area contributed by atoms with Crippen LogP contribution in [-0.2, 0) is 4.79 Å². The van der Waals surface area contributed by atoms with Crippen molar-refractivity contribution < 1.29 is 15.0 Å². The van der Waals surface area contributed by atoms with Crippen molar-refractivity contribution in [3.05, 3.63) is 48.6 Å². The fourth-order valence-corrected chi connectivity index (χ4v) is 10.1. The molecule has 0 heterocycles. The topological polar surface area (TPSA) is 69.6 Å². The highest BCUT2D eigenvalue weighted by molar-refractivity contribution is 5.76. The predicted molar refractivity (Wildman–Crippen MR) is 318 cm³/mol. The summed E-state index contributed by atoms with van der Waals surface area (Å²) in [6.45, 7) is 4.33. The zero-order valence-electron chi connectivity index (χ0n) is 48.3. The molecule has 0 aromatic carbocycles. The molecule has 4 nitrogen and oxygen atoms in total. The molecule has 3 N–H and O–H groups in total. The van der Waals surface area contributed by atoms with E-state index in [0.29, 0.717) is 6.42 Å². The standard InChI is InChI=1S/C67H127NO3/c1-3-5-7-9-11-13-15-17-19-21-23-25-27-29-31-33-34-35-37-39-41-43-45-47-49-51-53-55-57-59-61-63-67(71)68-65(64-69)66(70)62-60-58-56-54-52-50-48-46-44-42-40-38-36-32-30-28-26-24-22-20-18-16-14-12-10-8-6-4-2/h21,23,44,46,52,54,60,62,65-66,69-70H,3-20,22,24-43,45,47-51,53,55-59,61,63-64H2,1-2H3,(H,68,71)/b23-21-,46-44+,54-52+,62-60+. The van der Waals surface area contributed by atoms with Crippen molar-refractivity contribution in [3.63, 3.8) is 0 Å². The van der Waals surface area contributed by atoms with E-state index in [1.807, 2.05) is 6.08 Å². The Morgan fingerprint density at radius 3 is 0.817 bits per heavy atom. The maximum Gasteiger partial charge on any atom is 0.220 e. The quantitative estimate of drug-likeness (QED) is 0.0420. The third kappa shape index (κ3) is 59.1. The van der Waals surface area contributed by atoms with Gasteiger partial charge in [-0.05, 0) is 70.6 Å². The largest absolute Gasteiger partial charge is 0.394 e. The van der Waals surface area contributed by atoms with E-state index < -0.39 is 12.1 Å². The third-order valence-corrected chi connectivity index (χ3v) is 15.0. The summed E-state index contributed by atoms with van der Waals surface area (Å²) in [7, 11) is 0. The molecule has 0 aliphatic heterocycles. The normalized spacial score (nSPS) is 13.0. The van der Waals surface area contributed by atoms with Crippen LogP contribution in [0.3, 0.4) is 0 Å². The van der Waals surface area contributed by atoms with Crippen LogP contribution in [0, 0.1) is 0 Å². The fourth-order valence-electron chi connectivity index (χ4n) is 10.1. The number of rotatable bonds is 60. The van der Waals surface area contributed by atoms with E-state index in [0.717, 1.165) is 38.5 Å². The summed E-state index contributed by atoms with van der Waals surface area (Å²) in [6, 6.07) is -0.647. The van der Waals surface area contributed by atoms with Gasteiger partial charge in [0.25, 0.3) is 0 Å². The van der Waals surface area contributed by atoms with Gasteiger partial charge in [-0.3, -0.25) is 4.79 Å². The average molecular weight is 995 g/mol. The van der Waals surface area contributed by atoms with Gasteiger partial charge in [0, 0.05) is 6.42 Å². The lowest BCUT2D eigenvalue weighted by atomic mass is 10.0. The maximum atomic E-state index is 12.5. The Kier molecular flexibility index (Phi) is 61.2. The molecule has 0 saturated heterocycles. The molecule has 0 bridgehead atoms. The molecule has 2 unspecified atom stereocenters. The van der Waals surface area contributed by atoms with Gasteiger partial charge in [-0.1, -0.05) is 326 Å². The number of nitrogens with one attached hydrogen (secondary N) is 1. The van der Waals surface area contributed by atoms with Crippen molar-refractivity contribution in [2.24, 2.45) is 0 Å². The van der Waals surface area contributed by atoms with Crippen molar-refractivity contribution in [2.45, 2.75) is 366 Å². The first-order valence-electron chi connectivity index (χ1n) is 32.4. The van der Waals surface area contributed by atoms with E-state index in [1.54, 1.807) is 6.08 Å². The summed E-state index contributed by atoms with van der Waals surface area (Å²) < 4.78 is 0. The van der Waals surface area contributed by atoms with Gasteiger partial charge >= 0.3 is 0 Å². The maximum absolute atomic E-state index is 12.5. The van der Waals surface area contributed by atoms with Crippen molar-refractivity contribution >= 4 is 5.91 Å². The molecular formula is C67H127NO3. The number of hydrogen-bond donors (Lipinski definition) is 3. The van der Waals surface area contributed by atoms with Crippen molar-refractivity contribution in [2.75, 3.05) is 6.61 Å². The van der Waals surface area contributed by atoms with Gasteiger partial charge in [0.05, 0.1) is 18.8 Å². The summed E-state index contributed by atoms with van der Waals surface area (Å²) in [5, 5.41) is 23.2. The van der Waals surface area contributed by atoms with Crippen molar-refractivity contribution in [3.8, 4) is 0 Å². The number of aliphatic hydroxyl groups excluding tert-OH is 2. The smallest absolute Gasteiger partial charge is 0.220 e. The second kappa shape index (κ2) is 62.6. The molecule has 0 saturated carbocycles. The van der Waals surface area contributed by atoms with Gasteiger partial charge in [-0.2, -0.15) is 0 Å². The number of aliphatic hydroxyl groups is 2. The Morgan fingerprint density at radius 1 is 0.324 bits per heavy atom. The van der Waals surface area contributed by atoms with Crippen LogP contribution in [0.25, 0.3) is 0 Å². The fraction of sp³-hybridized carbons (Fsp3) is 0.866. The number of unbranched alkanes of at least 4 members (excludes halogenated alkanes) is 47. The van der Waals surface area contributed by atoms with Crippen molar-refractivity contribution in [1.82, 2.24) is 5.32 Å². The van der Waals surface area contributed by atoms with Gasteiger partial charge in [0.1, 0.15) is 0 Å². The minimum absolute atomic E-state index is 0.0719. The van der Waals surface area contributed by atoms with Crippen LogP contribution >= 0.6 is 0 Å². The lowest BCUT2D eigenvalue weighted by Crippen LogP contribution is -2.45. The number of hydrogen-bond acceptors (Lipinski definition) is 3. The zero-order chi connectivity index (χ0) is 51.3. The summed E-state index contributed by atoms with van der Waals surface area (Å²) >= 11 is 0. The molecule has 1 amide bonds. The molecule has 0 aliphatic rings. The second-order valence-corrected chi connectivity index (χ2v) is 22.2. The van der Waals surface area contributed by atoms with Gasteiger partial charge in [0.15, 0.2) is 0 Å². The molecule has 71 heavy (non-hydrogen) atoms. The molecule has 0 rings (SSSR count). The van der Waals surface area contributed by atoms with Gasteiger partial charge in [-0.15, -0.1) is 0 Å². The molecule has 0 aromatic rings. The summed E-state index contributed by atoms with van der Waals surface area (Å²) in [4.78, 5) is 12.5. The average Bonchev–Trinajstić information content (AvgIpc) is 3.37. The summed E-state index contributed by atoms with van der Waals surface area (Å²) in [5.41, 5.74) is 0. The van der Waals surface area contributed by atoms with Crippen LogP contribution in [0.4, 0.5) is 0 Å². The minimum Gasteiger partial charge on any atom is -0.394 e. The third-order valence-electron chi connectivity index (χ3n) is 15.0. The Morgan fingerprint density at radius 2 is 0.549 bits per heavy atom. The van der Waals surface area contributed by atoms with E-state index in [1.165, 1.54) is 295 Å². The van der Waals surface area contributed by atoms with Crippen LogP contribution in [0.2, 0.25) is 0 Å². The van der Waals surface area contributed by atoms with Crippen LogP contribution < -0.4 is 5.32 Å². The molecule has 0 radical (unpaired) electrons. The first kappa shape index (κ1) is 69.3. The van der Waals surface area contributed by atoms with Crippen LogP contribution in [-0.4, -0.2) is 34.9 Å². The van der Waals surface area contributed by atoms with E-state index in [4.69, 9.17) is 0 Å². The molecule has 2 atom stereocenters. The zero-order valence-corrected chi connectivity index (χ0v) is 48.3. The molecule has 0 fully saturated rings. The first-order chi connectivity index (χ1) is 35.2. The van der Waals surface area contributed by atoms with Gasteiger partial charge < -0.3 is 15.5 Å². The lowest BCUT2D eigenvalue weighted by Gasteiger charge is -2.19. The van der Waals surface area contributed by atoms with Crippen LogP contribution in [0.1, 0.15) is 354 Å². The number of amides is 1. The first-order valence-corrected chi connectivity index (χ1v) is 32.4. The van der Waals surface area contributed by atoms with E-state index >= 15 is 0 Å². The lowest BCUT2D eigenvalue weighted by molar-refractivity contribution is -0.123. The Labute approximate surface area is 445 Å². The molecule has 418 valence electrons. The monoisotopic (exact) mass is 994 g/mol. The van der Waals surface area contributed by atoms with Crippen molar-refractivity contribution in [1.29, 1.82) is 0 Å². The highest BCUT2D eigenvalue weighted by Crippen LogP contribution is 2.18. The highest BCUT2D eigenvalue weighted by Gasteiger charge is 2.18. The van der Waals surface area contributed by atoms with Gasteiger partial charge in [-0.25, -0.2) is 0 Å². The Hall–Kier alpha value is -1.65. The van der Waals surface area contributed by atoms with E-state index in [-0.39, 0.29) is 12.5 Å². The summed E-state index contributed by atoms with van der Waals surface area (Å²) in [5.74, 6) is -0.0719. The number of carbonyl (C=O) groups is 1. The Balaban J connectivity index is 3.49. The van der Waals surface area contributed by atoms with E-state index in [2.05, 4.69) is 55.6 Å². The summed E-state index contributed by atoms with van der Waals surface area (Å²) in [6.07, 6.45) is 87.5. The van der Waals surface area contributed by atoms with E-state index in [9.17, 15) is 15.0 Å². The number of carbonyl (C=O) groups excluding carboxylic acids is 1.